The topological polar surface area (TPSA) is 0 Å². The third-order valence-electron chi connectivity index (χ3n) is 4.34. The van der Waals surface area contributed by atoms with Crippen LogP contribution in [-0.2, 0) is 21.7 Å². The van der Waals surface area contributed by atoms with E-state index in [-0.39, 0.29) is 46.5 Å². The second-order valence-corrected chi connectivity index (χ2v) is 6.13. The molecule has 1 aromatic rings. The summed E-state index contributed by atoms with van der Waals surface area (Å²) in [5.41, 5.74) is 9.74. The van der Waals surface area contributed by atoms with Crippen molar-refractivity contribution in [1.29, 1.82) is 0 Å². The molecule has 3 rings (SSSR count). The predicted octanol–water partition coefficient (Wildman–Crippen LogP) is 0.0235. The van der Waals surface area contributed by atoms with E-state index in [1.807, 2.05) is 0 Å². The van der Waals surface area contributed by atoms with Crippen LogP contribution in [0.2, 0.25) is 0 Å². The van der Waals surface area contributed by atoms with Crippen molar-refractivity contribution in [2.45, 2.75) is 46.5 Å². The molecular weight excluding hydrogens is 371 g/mol. The van der Waals surface area contributed by atoms with E-state index in [1.165, 1.54) is 58.3 Å². The van der Waals surface area contributed by atoms with Gasteiger partial charge in [-0.25, -0.2) is 0 Å². The molecule has 0 spiro atoms. The van der Waals surface area contributed by atoms with E-state index < -0.39 is 0 Å². The Morgan fingerprint density at radius 2 is 1.83 bits per heavy atom. The Kier molecular flexibility index (Phi) is 10.2. The van der Waals surface area contributed by atoms with Gasteiger partial charge in [-0.1, -0.05) is 75.1 Å². The van der Waals surface area contributed by atoms with Crippen molar-refractivity contribution in [3.05, 3.63) is 75.9 Å². The fourth-order valence-electron chi connectivity index (χ4n) is 3.30. The molecule has 0 heterocycles. The molecule has 0 N–H and O–H groups in total. The standard InChI is InChI=1S/C21H23.2ClH.Ti/c1-4-5-9-16-11-8-13-18(16)20-14-17-10-6-7-12-19(17)21(20)15(2)3;;;/h6-8,10-12H,4-5,9,13H2,1-3H3;2*1H;/q-1;;;+3/p-2. The maximum atomic E-state index is 3.68. The van der Waals surface area contributed by atoms with E-state index >= 15 is 0 Å². The summed E-state index contributed by atoms with van der Waals surface area (Å²) in [6.45, 7) is 6.69. The molecule has 0 atom stereocenters. The maximum absolute atomic E-state index is 3.68. The van der Waals surface area contributed by atoms with Gasteiger partial charge in [-0.05, 0) is 12.8 Å². The van der Waals surface area contributed by atoms with Gasteiger partial charge < -0.3 is 24.8 Å². The molecule has 2 aliphatic carbocycles. The first-order valence-electron chi connectivity index (χ1n) is 8.02. The van der Waals surface area contributed by atoms with Gasteiger partial charge in [0.15, 0.2) is 0 Å². The van der Waals surface area contributed by atoms with Gasteiger partial charge in [0.1, 0.15) is 0 Å². The summed E-state index contributed by atoms with van der Waals surface area (Å²) in [6, 6.07) is 8.65. The number of benzene rings is 1. The molecule has 2 aliphatic rings. The molecule has 0 aromatic heterocycles. The minimum Gasteiger partial charge on any atom is -1.00 e. The van der Waals surface area contributed by atoms with Crippen LogP contribution in [-0.4, -0.2) is 0 Å². The van der Waals surface area contributed by atoms with Crippen LogP contribution < -0.4 is 24.8 Å². The third kappa shape index (κ3) is 4.55. The molecule has 3 heteroatoms. The van der Waals surface area contributed by atoms with Crippen molar-refractivity contribution in [2.24, 2.45) is 0 Å². The summed E-state index contributed by atoms with van der Waals surface area (Å²) in [6.07, 6.45) is 13.1. The molecule has 125 valence electrons. The summed E-state index contributed by atoms with van der Waals surface area (Å²) in [7, 11) is 0. The Morgan fingerprint density at radius 1 is 1.12 bits per heavy atom. The van der Waals surface area contributed by atoms with Gasteiger partial charge in [0.05, 0.1) is 0 Å². The fraction of sp³-hybridized carbons (Fsp3) is 0.333. The van der Waals surface area contributed by atoms with Gasteiger partial charge in [0, 0.05) is 0 Å². The summed E-state index contributed by atoms with van der Waals surface area (Å²) < 4.78 is 0. The minimum absolute atomic E-state index is 0. The van der Waals surface area contributed by atoms with Crippen molar-refractivity contribution in [3.8, 4) is 0 Å². The van der Waals surface area contributed by atoms with Gasteiger partial charge >= 0.3 is 21.7 Å². The van der Waals surface area contributed by atoms with Crippen LogP contribution in [0.25, 0.3) is 5.57 Å². The molecule has 0 saturated carbocycles. The first kappa shape index (κ1) is 23.5. The molecule has 0 bridgehead atoms. The van der Waals surface area contributed by atoms with Crippen molar-refractivity contribution in [2.75, 3.05) is 0 Å². The average molecular weight is 394 g/mol. The number of hydrogen-bond acceptors (Lipinski definition) is 0. The van der Waals surface area contributed by atoms with E-state index in [0.29, 0.717) is 0 Å². The summed E-state index contributed by atoms with van der Waals surface area (Å²) in [4.78, 5) is 0. The molecule has 0 unspecified atom stereocenters. The number of hydrogen-bond donors (Lipinski definition) is 0. The maximum Gasteiger partial charge on any atom is 3.00 e. The van der Waals surface area contributed by atoms with E-state index in [4.69, 9.17) is 0 Å². The first-order chi connectivity index (χ1) is 10.2. The van der Waals surface area contributed by atoms with Crippen molar-refractivity contribution < 1.29 is 46.5 Å². The zero-order valence-corrected chi connectivity index (χ0v) is 17.6. The van der Waals surface area contributed by atoms with E-state index in [2.05, 4.69) is 63.3 Å². The van der Waals surface area contributed by atoms with Crippen LogP contribution in [0.5, 0.6) is 0 Å². The quantitative estimate of drug-likeness (QED) is 0.500. The second-order valence-electron chi connectivity index (χ2n) is 6.13. The van der Waals surface area contributed by atoms with Gasteiger partial charge in [-0.15, -0.1) is 40.0 Å². The van der Waals surface area contributed by atoms with Crippen LogP contribution >= 0.6 is 0 Å². The number of allylic oxidation sites excluding steroid dienone is 7. The number of halogens is 2. The van der Waals surface area contributed by atoms with E-state index in [0.717, 1.165) is 6.42 Å². The van der Waals surface area contributed by atoms with Gasteiger partial charge in [0.25, 0.3) is 0 Å². The zero-order chi connectivity index (χ0) is 14.8. The number of unbranched alkanes of at least 4 members (excludes halogenated alkanes) is 1. The van der Waals surface area contributed by atoms with Crippen LogP contribution in [0.15, 0.2) is 58.7 Å². The van der Waals surface area contributed by atoms with Crippen molar-refractivity contribution >= 4 is 5.57 Å². The third-order valence-corrected chi connectivity index (χ3v) is 4.34. The minimum atomic E-state index is 0. The van der Waals surface area contributed by atoms with Crippen LogP contribution in [0.3, 0.4) is 0 Å². The molecule has 0 saturated heterocycles. The molecule has 0 fully saturated rings. The summed E-state index contributed by atoms with van der Waals surface area (Å²) >= 11 is 0. The van der Waals surface area contributed by atoms with E-state index in [9.17, 15) is 0 Å². The largest absolute Gasteiger partial charge is 3.00 e. The SMILES string of the molecule is CCCCC1=C(C2=[C-]c3ccccc3C2=C(C)C)CC=C1.[Cl-].[Cl-].[Ti+3]. The molecule has 0 aliphatic heterocycles. The monoisotopic (exact) mass is 393 g/mol. The van der Waals surface area contributed by atoms with Crippen molar-refractivity contribution in [1.82, 2.24) is 0 Å². The normalized spacial score (nSPS) is 14.5. The Hall–Kier alpha value is -0.526. The fourth-order valence-corrected chi connectivity index (χ4v) is 3.30. The average Bonchev–Trinajstić information content (AvgIpc) is 3.08. The zero-order valence-electron chi connectivity index (χ0n) is 14.5. The smallest absolute Gasteiger partial charge is 1.00 e. The molecule has 0 nitrogen and oxygen atoms in total. The Morgan fingerprint density at radius 3 is 2.50 bits per heavy atom. The number of fused-ring (bicyclic) bond motifs is 1. The van der Waals surface area contributed by atoms with Crippen LogP contribution in [0.1, 0.15) is 57.6 Å². The molecule has 1 radical (unpaired) electrons. The van der Waals surface area contributed by atoms with Gasteiger partial charge in [-0.3, -0.25) is 0 Å². The molecule has 24 heavy (non-hydrogen) atoms. The Balaban J connectivity index is 0.00000176. The molecule has 1 aromatic carbocycles. The molecule has 0 amide bonds. The van der Waals surface area contributed by atoms with Crippen LogP contribution in [0.4, 0.5) is 0 Å². The van der Waals surface area contributed by atoms with Gasteiger partial charge in [-0.2, -0.15) is 0 Å². The molecular formula is C21H23Cl2Ti. The van der Waals surface area contributed by atoms with E-state index in [1.54, 1.807) is 0 Å². The summed E-state index contributed by atoms with van der Waals surface area (Å²) in [5, 5.41) is 0. The van der Waals surface area contributed by atoms with Crippen molar-refractivity contribution in [3.63, 3.8) is 0 Å². The predicted molar refractivity (Wildman–Crippen MR) is 90.9 cm³/mol. The van der Waals surface area contributed by atoms with Crippen LogP contribution in [0, 0.1) is 6.08 Å². The second kappa shape index (κ2) is 10.5. The first-order valence-corrected chi connectivity index (χ1v) is 8.02. The van der Waals surface area contributed by atoms with Gasteiger partial charge in [0.2, 0.25) is 0 Å². The number of rotatable bonds is 4. The Bertz CT molecular complexity index is 690. The summed E-state index contributed by atoms with van der Waals surface area (Å²) in [5.74, 6) is 0. The Labute approximate surface area is 173 Å².